The fourth-order valence-electron chi connectivity index (χ4n) is 1.96. The van der Waals surface area contributed by atoms with Crippen LogP contribution >= 0.6 is 0 Å². The summed E-state index contributed by atoms with van der Waals surface area (Å²) in [4.78, 5) is 11.5. The summed E-state index contributed by atoms with van der Waals surface area (Å²) < 4.78 is 4.72. The highest BCUT2D eigenvalue weighted by Crippen LogP contribution is 2.26. The molecule has 0 bridgehead atoms. The van der Waals surface area contributed by atoms with E-state index in [1.165, 1.54) is 12.7 Å². The van der Waals surface area contributed by atoms with Crippen LogP contribution in [0.3, 0.4) is 0 Å². The summed E-state index contributed by atoms with van der Waals surface area (Å²) in [6.45, 7) is 6.57. The number of carbonyl (C=O) groups excluding carboxylic acids is 1. The highest BCUT2D eigenvalue weighted by atomic mass is 16.5. The van der Waals surface area contributed by atoms with Crippen LogP contribution in [0.15, 0.2) is 36.4 Å². The summed E-state index contributed by atoms with van der Waals surface area (Å²) in [5.41, 5.74) is 2.02. The lowest BCUT2D eigenvalue weighted by atomic mass is 9.86. The van der Waals surface area contributed by atoms with Gasteiger partial charge in [-0.25, -0.2) is 4.79 Å². The fourth-order valence-corrected chi connectivity index (χ4v) is 1.96. The SMILES string of the molecule is COC(=O)c1ccc2cc(C(C)(C)C)ccc2c1. The van der Waals surface area contributed by atoms with Crippen molar-refractivity contribution in [2.45, 2.75) is 26.2 Å². The molecule has 0 aliphatic heterocycles. The molecule has 0 amide bonds. The van der Waals surface area contributed by atoms with Gasteiger partial charge in [0.05, 0.1) is 12.7 Å². The number of hydrogen-bond acceptors (Lipinski definition) is 2. The van der Waals surface area contributed by atoms with E-state index in [1.807, 2.05) is 12.1 Å². The van der Waals surface area contributed by atoms with Gasteiger partial charge in [0.2, 0.25) is 0 Å². The van der Waals surface area contributed by atoms with Crippen LogP contribution in [-0.2, 0) is 10.2 Å². The molecule has 0 spiro atoms. The van der Waals surface area contributed by atoms with E-state index < -0.39 is 0 Å². The van der Waals surface area contributed by atoms with Crippen LogP contribution < -0.4 is 0 Å². The number of fused-ring (bicyclic) bond motifs is 1. The second-order valence-corrected chi connectivity index (χ2v) is 5.52. The Morgan fingerprint density at radius 1 is 1.00 bits per heavy atom. The van der Waals surface area contributed by atoms with Gasteiger partial charge in [-0.1, -0.05) is 45.0 Å². The topological polar surface area (TPSA) is 26.3 Å². The van der Waals surface area contributed by atoms with E-state index >= 15 is 0 Å². The van der Waals surface area contributed by atoms with Gasteiger partial charge in [-0.3, -0.25) is 0 Å². The standard InChI is InChI=1S/C16H18O2/c1-16(2,3)14-8-7-11-9-13(15(17)18-4)6-5-12(11)10-14/h5-10H,1-4H3. The molecule has 0 radical (unpaired) electrons. The van der Waals surface area contributed by atoms with Crippen molar-refractivity contribution in [3.63, 3.8) is 0 Å². The Morgan fingerprint density at radius 3 is 2.22 bits per heavy atom. The normalized spacial score (nSPS) is 11.6. The highest BCUT2D eigenvalue weighted by molar-refractivity contribution is 5.95. The lowest BCUT2D eigenvalue weighted by molar-refractivity contribution is 0.0601. The average molecular weight is 242 g/mol. The number of benzene rings is 2. The maximum absolute atomic E-state index is 11.5. The summed E-state index contributed by atoms with van der Waals surface area (Å²) >= 11 is 0. The van der Waals surface area contributed by atoms with Gasteiger partial charge in [-0.05, 0) is 33.9 Å². The number of hydrogen-bond donors (Lipinski definition) is 0. The van der Waals surface area contributed by atoms with E-state index in [0.29, 0.717) is 5.56 Å². The van der Waals surface area contributed by atoms with Crippen molar-refractivity contribution in [3.8, 4) is 0 Å². The molecule has 0 aliphatic rings. The van der Waals surface area contributed by atoms with E-state index in [-0.39, 0.29) is 11.4 Å². The molecular weight excluding hydrogens is 224 g/mol. The van der Waals surface area contributed by atoms with Crippen LogP contribution in [0.4, 0.5) is 0 Å². The molecule has 2 heteroatoms. The summed E-state index contributed by atoms with van der Waals surface area (Å²) in [5, 5.41) is 2.21. The molecule has 0 atom stereocenters. The van der Waals surface area contributed by atoms with Gasteiger partial charge in [0, 0.05) is 0 Å². The average Bonchev–Trinajstić information content (AvgIpc) is 2.35. The minimum Gasteiger partial charge on any atom is -0.465 e. The fraction of sp³-hybridized carbons (Fsp3) is 0.312. The van der Waals surface area contributed by atoms with Crippen LogP contribution in [0.1, 0.15) is 36.7 Å². The predicted molar refractivity (Wildman–Crippen MR) is 74.0 cm³/mol. The molecule has 0 aliphatic carbocycles. The van der Waals surface area contributed by atoms with Gasteiger partial charge in [0.15, 0.2) is 0 Å². The Hall–Kier alpha value is -1.83. The summed E-state index contributed by atoms with van der Waals surface area (Å²) in [6.07, 6.45) is 0. The molecule has 0 unspecified atom stereocenters. The van der Waals surface area contributed by atoms with E-state index in [4.69, 9.17) is 4.74 Å². The third kappa shape index (κ3) is 2.37. The van der Waals surface area contributed by atoms with Gasteiger partial charge in [-0.15, -0.1) is 0 Å². The predicted octanol–water partition coefficient (Wildman–Crippen LogP) is 3.92. The largest absolute Gasteiger partial charge is 0.465 e. The molecule has 2 aromatic carbocycles. The molecule has 18 heavy (non-hydrogen) atoms. The van der Waals surface area contributed by atoms with Gasteiger partial charge in [-0.2, -0.15) is 0 Å². The monoisotopic (exact) mass is 242 g/mol. The third-order valence-corrected chi connectivity index (χ3v) is 3.13. The third-order valence-electron chi connectivity index (χ3n) is 3.13. The van der Waals surface area contributed by atoms with Crippen LogP contribution in [-0.4, -0.2) is 13.1 Å². The number of ether oxygens (including phenoxy) is 1. The van der Waals surface area contributed by atoms with E-state index in [2.05, 4.69) is 39.0 Å². The summed E-state index contributed by atoms with van der Waals surface area (Å²) in [5.74, 6) is -0.295. The molecular formula is C16H18O2. The first-order valence-corrected chi connectivity index (χ1v) is 6.04. The highest BCUT2D eigenvalue weighted by Gasteiger charge is 2.14. The Bertz CT molecular complexity index is 592. The minimum atomic E-state index is -0.295. The van der Waals surface area contributed by atoms with Crippen molar-refractivity contribution < 1.29 is 9.53 Å². The van der Waals surface area contributed by atoms with Crippen molar-refractivity contribution >= 4 is 16.7 Å². The first kappa shape index (κ1) is 12.6. The minimum absolute atomic E-state index is 0.134. The van der Waals surface area contributed by atoms with Crippen molar-refractivity contribution in [2.75, 3.05) is 7.11 Å². The Kier molecular flexibility index (Phi) is 3.12. The van der Waals surface area contributed by atoms with Crippen molar-refractivity contribution in [2.24, 2.45) is 0 Å². The molecule has 0 aromatic heterocycles. The summed E-state index contributed by atoms with van der Waals surface area (Å²) in [6, 6.07) is 12.0. The molecule has 0 fully saturated rings. The van der Waals surface area contributed by atoms with Crippen molar-refractivity contribution in [1.82, 2.24) is 0 Å². The zero-order valence-corrected chi connectivity index (χ0v) is 11.3. The molecule has 2 nitrogen and oxygen atoms in total. The number of methoxy groups -OCH3 is 1. The molecule has 0 saturated carbocycles. The Labute approximate surface area is 108 Å². The summed E-state index contributed by atoms with van der Waals surface area (Å²) in [7, 11) is 1.40. The van der Waals surface area contributed by atoms with Gasteiger partial charge < -0.3 is 4.74 Å². The zero-order chi connectivity index (χ0) is 13.3. The first-order valence-electron chi connectivity index (χ1n) is 6.04. The second kappa shape index (κ2) is 4.45. The van der Waals surface area contributed by atoms with Gasteiger partial charge >= 0.3 is 5.97 Å². The second-order valence-electron chi connectivity index (χ2n) is 5.52. The Morgan fingerprint density at radius 2 is 1.61 bits per heavy atom. The van der Waals surface area contributed by atoms with E-state index in [9.17, 15) is 4.79 Å². The van der Waals surface area contributed by atoms with Gasteiger partial charge in [0.25, 0.3) is 0 Å². The molecule has 0 saturated heterocycles. The smallest absolute Gasteiger partial charge is 0.337 e. The number of rotatable bonds is 1. The molecule has 2 aromatic rings. The van der Waals surface area contributed by atoms with Crippen LogP contribution in [0.2, 0.25) is 0 Å². The maximum atomic E-state index is 11.5. The van der Waals surface area contributed by atoms with Crippen molar-refractivity contribution in [1.29, 1.82) is 0 Å². The van der Waals surface area contributed by atoms with E-state index in [0.717, 1.165) is 10.8 Å². The lowest BCUT2D eigenvalue weighted by Crippen LogP contribution is -2.10. The Balaban J connectivity index is 2.52. The van der Waals surface area contributed by atoms with Crippen molar-refractivity contribution in [3.05, 3.63) is 47.5 Å². The maximum Gasteiger partial charge on any atom is 0.337 e. The molecule has 0 N–H and O–H groups in total. The molecule has 2 rings (SSSR count). The van der Waals surface area contributed by atoms with Gasteiger partial charge in [0.1, 0.15) is 0 Å². The molecule has 0 heterocycles. The zero-order valence-electron chi connectivity index (χ0n) is 11.3. The number of esters is 1. The first-order chi connectivity index (χ1) is 8.41. The number of carbonyl (C=O) groups is 1. The lowest BCUT2D eigenvalue weighted by Gasteiger charge is -2.19. The van der Waals surface area contributed by atoms with Crippen LogP contribution in [0.25, 0.3) is 10.8 Å². The van der Waals surface area contributed by atoms with Crippen LogP contribution in [0, 0.1) is 0 Å². The quantitative estimate of drug-likeness (QED) is 0.708. The van der Waals surface area contributed by atoms with Crippen LogP contribution in [0.5, 0.6) is 0 Å². The molecule has 94 valence electrons. The van der Waals surface area contributed by atoms with E-state index in [1.54, 1.807) is 6.07 Å².